The highest BCUT2D eigenvalue weighted by Crippen LogP contribution is 2.28. The summed E-state index contributed by atoms with van der Waals surface area (Å²) < 4.78 is 0. The van der Waals surface area contributed by atoms with Crippen LogP contribution in [-0.4, -0.2) is 35.2 Å². The summed E-state index contributed by atoms with van der Waals surface area (Å²) in [5, 5.41) is 13.7. The number of fused-ring (bicyclic) bond motifs is 1. The molecular weight excluding hydrogens is 362 g/mol. The Morgan fingerprint density at radius 3 is 2.72 bits per heavy atom. The van der Waals surface area contributed by atoms with Gasteiger partial charge < -0.3 is 15.3 Å². The number of para-hydroxylation sites is 1. The van der Waals surface area contributed by atoms with Crippen LogP contribution in [0.5, 0.6) is 0 Å². The minimum atomic E-state index is -0.147. The van der Waals surface area contributed by atoms with Crippen molar-refractivity contribution in [1.29, 1.82) is 0 Å². The topological polar surface area (TPSA) is 65.5 Å². The molecule has 1 amide bonds. The Balaban J connectivity index is 1.70. The first-order valence-electron chi connectivity index (χ1n) is 10.4. The Labute approximate surface area is 171 Å². The van der Waals surface area contributed by atoms with Gasteiger partial charge in [-0.3, -0.25) is 4.79 Å². The van der Waals surface area contributed by atoms with Crippen LogP contribution in [0.4, 0.5) is 11.5 Å². The normalized spacial score (nSPS) is 16.8. The van der Waals surface area contributed by atoms with Crippen LogP contribution in [0, 0.1) is 0 Å². The number of hydrogen-bond acceptors (Lipinski definition) is 4. The molecule has 5 nitrogen and oxygen atoms in total. The highest BCUT2D eigenvalue weighted by atomic mass is 16.3. The summed E-state index contributed by atoms with van der Waals surface area (Å²) in [5.74, 6) is 0.612. The average Bonchev–Trinajstić information content (AvgIpc) is 2.78. The van der Waals surface area contributed by atoms with E-state index in [2.05, 4.69) is 17.1 Å². The van der Waals surface area contributed by atoms with Gasteiger partial charge in [0.15, 0.2) is 0 Å². The molecule has 1 atom stereocenters. The summed E-state index contributed by atoms with van der Waals surface area (Å²) in [6.07, 6.45) is 4.08. The van der Waals surface area contributed by atoms with Gasteiger partial charge >= 0.3 is 0 Å². The lowest BCUT2D eigenvalue weighted by molar-refractivity contribution is 0.102. The van der Waals surface area contributed by atoms with Gasteiger partial charge in [0.2, 0.25) is 0 Å². The molecule has 1 unspecified atom stereocenters. The maximum Gasteiger partial charge on any atom is 0.256 e. The Morgan fingerprint density at radius 2 is 1.97 bits per heavy atom. The van der Waals surface area contributed by atoms with E-state index in [1.54, 1.807) is 0 Å². The minimum Gasteiger partial charge on any atom is -0.394 e. The van der Waals surface area contributed by atoms with Crippen molar-refractivity contribution in [3.05, 3.63) is 65.7 Å². The van der Waals surface area contributed by atoms with E-state index < -0.39 is 0 Å². The molecular formula is C24H27N3O2. The number of pyridine rings is 1. The summed E-state index contributed by atoms with van der Waals surface area (Å²) in [6, 6.07) is 17.6. The standard InChI is InChI=1S/C24H27N3O2/c1-2-17-10-12-18(13-11-17)25-24(29)21-15-23(26-22-9-4-3-8-20(21)22)27-14-6-5-7-19(27)16-28/h3-4,8-13,15,19,28H,2,5-7,14,16H2,1H3,(H,25,29). The van der Waals surface area contributed by atoms with Crippen molar-refractivity contribution in [2.75, 3.05) is 23.4 Å². The number of aromatic nitrogens is 1. The summed E-state index contributed by atoms with van der Waals surface area (Å²) in [6.45, 7) is 3.05. The number of rotatable bonds is 5. The number of carbonyl (C=O) groups is 1. The highest BCUT2D eigenvalue weighted by Gasteiger charge is 2.24. The molecule has 2 N–H and O–H groups in total. The van der Waals surface area contributed by atoms with Crippen molar-refractivity contribution < 1.29 is 9.90 Å². The summed E-state index contributed by atoms with van der Waals surface area (Å²) >= 11 is 0. The van der Waals surface area contributed by atoms with Crippen LogP contribution < -0.4 is 10.2 Å². The third-order valence-corrected chi connectivity index (χ3v) is 5.70. The van der Waals surface area contributed by atoms with Crippen molar-refractivity contribution in [1.82, 2.24) is 4.98 Å². The average molecular weight is 389 g/mol. The van der Waals surface area contributed by atoms with Gasteiger partial charge in [0.05, 0.1) is 23.7 Å². The van der Waals surface area contributed by atoms with Crippen LogP contribution >= 0.6 is 0 Å². The smallest absolute Gasteiger partial charge is 0.256 e. The van der Waals surface area contributed by atoms with E-state index in [1.807, 2.05) is 54.6 Å². The van der Waals surface area contributed by atoms with Gasteiger partial charge in [0, 0.05) is 17.6 Å². The van der Waals surface area contributed by atoms with Crippen LogP contribution in [0.1, 0.15) is 42.1 Å². The maximum absolute atomic E-state index is 13.2. The maximum atomic E-state index is 13.2. The highest BCUT2D eigenvalue weighted by molar-refractivity contribution is 6.13. The zero-order valence-electron chi connectivity index (χ0n) is 16.8. The number of nitrogens with one attached hydrogen (secondary N) is 1. The second kappa shape index (κ2) is 8.62. The van der Waals surface area contributed by atoms with Gasteiger partial charge in [-0.15, -0.1) is 0 Å². The van der Waals surface area contributed by atoms with Gasteiger partial charge in [-0.25, -0.2) is 4.98 Å². The summed E-state index contributed by atoms with van der Waals surface area (Å²) in [4.78, 5) is 20.1. The lowest BCUT2D eigenvalue weighted by atomic mass is 10.0. The zero-order valence-corrected chi connectivity index (χ0v) is 16.8. The molecule has 2 aromatic carbocycles. The first kappa shape index (κ1) is 19.4. The molecule has 2 heterocycles. The predicted octanol–water partition coefficient (Wildman–Crippen LogP) is 4.40. The van der Waals surface area contributed by atoms with Gasteiger partial charge in [-0.2, -0.15) is 0 Å². The number of aliphatic hydroxyl groups is 1. The van der Waals surface area contributed by atoms with E-state index >= 15 is 0 Å². The Bertz CT molecular complexity index is 1000. The summed E-state index contributed by atoms with van der Waals surface area (Å²) in [5.41, 5.74) is 3.41. The second-order valence-corrected chi connectivity index (χ2v) is 7.58. The Kier molecular flexibility index (Phi) is 5.76. The number of anilines is 2. The molecule has 0 bridgehead atoms. The number of amides is 1. The minimum absolute atomic E-state index is 0.0508. The van der Waals surface area contributed by atoms with Crippen LogP contribution in [0.15, 0.2) is 54.6 Å². The van der Waals surface area contributed by atoms with Crippen LogP contribution in [-0.2, 0) is 6.42 Å². The van der Waals surface area contributed by atoms with E-state index in [0.717, 1.165) is 54.6 Å². The first-order chi connectivity index (χ1) is 14.2. The van der Waals surface area contributed by atoms with Crippen LogP contribution in [0.3, 0.4) is 0 Å². The SMILES string of the molecule is CCc1ccc(NC(=O)c2cc(N3CCCCC3CO)nc3ccccc23)cc1. The van der Waals surface area contributed by atoms with Crippen LogP contribution in [0.2, 0.25) is 0 Å². The summed E-state index contributed by atoms with van der Waals surface area (Å²) in [7, 11) is 0. The number of aryl methyl sites for hydroxylation is 1. The van der Waals surface area contributed by atoms with Gasteiger partial charge in [0.25, 0.3) is 5.91 Å². The molecule has 1 saturated heterocycles. The number of hydrogen-bond donors (Lipinski definition) is 2. The zero-order chi connectivity index (χ0) is 20.2. The number of piperidine rings is 1. The molecule has 1 fully saturated rings. The molecule has 1 aliphatic rings. The molecule has 3 aromatic rings. The van der Waals surface area contributed by atoms with Crippen LogP contribution in [0.25, 0.3) is 10.9 Å². The molecule has 0 aliphatic carbocycles. The molecule has 0 saturated carbocycles. The fraction of sp³-hybridized carbons (Fsp3) is 0.333. The predicted molar refractivity (Wildman–Crippen MR) is 118 cm³/mol. The molecule has 0 radical (unpaired) electrons. The van der Waals surface area contributed by atoms with Gasteiger partial charge in [-0.05, 0) is 55.5 Å². The third kappa shape index (κ3) is 4.10. The molecule has 0 spiro atoms. The first-order valence-corrected chi connectivity index (χ1v) is 10.4. The van der Waals surface area contributed by atoms with Crippen molar-refractivity contribution in [3.63, 3.8) is 0 Å². The third-order valence-electron chi connectivity index (χ3n) is 5.70. The molecule has 29 heavy (non-hydrogen) atoms. The quantitative estimate of drug-likeness (QED) is 0.679. The number of aliphatic hydroxyl groups excluding tert-OH is 1. The van der Waals surface area contributed by atoms with E-state index in [0.29, 0.717) is 5.56 Å². The largest absolute Gasteiger partial charge is 0.394 e. The van der Waals surface area contributed by atoms with E-state index in [1.165, 1.54) is 5.56 Å². The van der Waals surface area contributed by atoms with Crippen molar-refractivity contribution in [3.8, 4) is 0 Å². The van der Waals surface area contributed by atoms with Crippen molar-refractivity contribution in [2.45, 2.75) is 38.6 Å². The molecule has 5 heteroatoms. The van der Waals surface area contributed by atoms with Gasteiger partial charge in [0.1, 0.15) is 5.82 Å². The van der Waals surface area contributed by atoms with Gasteiger partial charge in [-0.1, -0.05) is 37.3 Å². The lowest BCUT2D eigenvalue weighted by Crippen LogP contribution is -2.42. The number of nitrogens with zero attached hydrogens (tertiary/aromatic N) is 2. The Morgan fingerprint density at radius 1 is 1.17 bits per heavy atom. The van der Waals surface area contributed by atoms with Crippen molar-refractivity contribution in [2.24, 2.45) is 0 Å². The lowest BCUT2D eigenvalue weighted by Gasteiger charge is -2.35. The number of benzene rings is 2. The van der Waals surface area contributed by atoms with Crippen molar-refractivity contribution >= 4 is 28.3 Å². The fourth-order valence-electron chi connectivity index (χ4n) is 4.01. The van der Waals surface area contributed by atoms with E-state index in [4.69, 9.17) is 4.98 Å². The Hall–Kier alpha value is -2.92. The monoisotopic (exact) mass is 389 g/mol. The fourth-order valence-corrected chi connectivity index (χ4v) is 4.01. The van der Waals surface area contributed by atoms with E-state index in [9.17, 15) is 9.90 Å². The molecule has 1 aliphatic heterocycles. The molecule has 4 rings (SSSR count). The molecule has 150 valence electrons. The van der Waals surface area contributed by atoms with E-state index in [-0.39, 0.29) is 18.6 Å². The number of carbonyl (C=O) groups excluding carboxylic acids is 1. The second-order valence-electron chi connectivity index (χ2n) is 7.58. The molecule has 1 aromatic heterocycles.